The van der Waals surface area contributed by atoms with Gasteiger partial charge in [0.2, 0.25) is 0 Å². The second kappa shape index (κ2) is 11.7. The van der Waals surface area contributed by atoms with Crippen LogP contribution in [0.1, 0.15) is 56.0 Å². The van der Waals surface area contributed by atoms with Gasteiger partial charge >= 0.3 is 6.09 Å². The van der Waals surface area contributed by atoms with Gasteiger partial charge in [0.25, 0.3) is 5.91 Å². The van der Waals surface area contributed by atoms with E-state index in [-0.39, 0.29) is 42.0 Å². The van der Waals surface area contributed by atoms with Crippen LogP contribution < -0.4 is 10.6 Å². The van der Waals surface area contributed by atoms with Crippen LogP contribution >= 0.6 is 24.0 Å². The number of nitrogens with one attached hydrogen (secondary N) is 2. The molecule has 9 heteroatoms. The van der Waals surface area contributed by atoms with E-state index in [9.17, 15) is 9.59 Å². The number of ether oxygens (including phenoxy) is 1. The van der Waals surface area contributed by atoms with Gasteiger partial charge in [0, 0.05) is 45.3 Å². The van der Waals surface area contributed by atoms with Crippen LogP contribution in [0.5, 0.6) is 0 Å². The highest BCUT2D eigenvalue weighted by Gasteiger charge is 2.34. The third-order valence-electron chi connectivity index (χ3n) is 5.40. The fourth-order valence-corrected chi connectivity index (χ4v) is 3.66. The zero-order valence-corrected chi connectivity index (χ0v) is 21.8. The SMILES string of the molecule is CN=C(NCc1ccc(C(=O)N2CCCCC2)cc1)NC1CN(C(=O)OC(C)(C)C)C1.I. The molecule has 0 bridgehead atoms. The van der Waals surface area contributed by atoms with Crippen molar-refractivity contribution in [3.05, 3.63) is 35.4 Å². The monoisotopic (exact) mass is 557 g/mol. The van der Waals surface area contributed by atoms with Crippen molar-refractivity contribution >= 4 is 41.9 Å². The number of aliphatic imine (C=N–C) groups is 1. The van der Waals surface area contributed by atoms with E-state index in [0.717, 1.165) is 37.1 Å². The first kappa shape index (κ1) is 26.2. The first-order chi connectivity index (χ1) is 14.7. The number of halogens is 1. The summed E-state index contributed by atoms with van der Waals surface area (Å²) in [6.45, 7) is 9.08. The number of amides is 2. The van der Waals surface area contributed by atoms with Crippen LogP contribution in [0.15, 0.2) is 29.3 Å². The van der Waals surface area contributed by atoms with Crippen molar-refractivity contribution in [1.29, 1.82) is 0 Å². The molecule has 0 saturated carbocycles. The summed E-state index contributed by atoms with van der Waals surface area (Å²) in [7, 11) is 1.72. The lowest BCUT2D eigenvalue weighted by molar-refractivity contribution is 0.00700. The minimum absolute atomic E-state index is 0. The van der Waals surface area contributed by atoms with Gasteiger partial charge in [0.1, 0.15) is 5.60 Å². The minimum Gasteiger partial charge on any atom is -0.444 e. The van der Waals surface area contributed by atoms with Gasteiger partial charge in [-0.05, 0) is 57.7 Å². The number of carbonyl (C=O) groups is 2. The van der Waals surface area contributed by atoms with Gasteiger partial charge in [0.05, 0.1) is 6.04 Å². The van der Waals surface area contributed by atoms with Crippen molar-refractivity contribution in [3.63, 3.8) is 0 Å². The Morgan fingerprint density at radius 2 is 1.69 bits per heavy atom. The molecule has 32 heavy (non-hydrogen) atoms. The van der Waals surface area contributed by atoms with Gasteiger partial charge in [-0.25, -0.2) is 4.79 Å². The van der Waals surface area contributed by atoms with Gasteiger partial charge in [0.15, 0.2) is 5.96 Å². The van der Waals surface area contributed by atoms with Crippen molar-refractivity contribution in [1.82, 2.24) is 20.4 Å². The highest BCUT2D eigenvalue weighted by molar-refractivity contribution is 14.0. The average molecular weight is 557 g/mol. The zero-order chi connectivity index (χ0) is 22.4. The highest BCUT2D eigenvalue weighted by Crippen LogP contribution is 2.16. The number of nitrogens with zero attached hydrogens (tertiary/aromatic N) is 3. The van der Waals surface area contributed by atoms with Crippen molar-refractivity contribution in [2.24, 2.45) is 4.99 Å². The van der Waals surface area contributed by atoms with Crippen molar-refractivity contribution in [2.75, 3.05) is 33.2 Å². The van der Waals surface area contributed by atoms with E-state index in [2.05, 4.69) is 15.6 Å². The molecule has 3 rings (SSSR count). The molecule has 2 saturated heterocycles. The molecule has 1 aromatic rings. The average Bonchev–Trinajstić information content (AvgIpc) is 2.71. The first-order valence-electron chi connectivity index (χ1n) is 11.1. The van der Waals surface area contributed by atoms with Gasteiger partial charge in [-0.15, -0.1) is 24.0 Å². The molecular formula is C23H36IN5O3. The Kier molecular flexibility index (Phi) is 9.60. The van der Waals surface area contributed by atoms with Crippen molar-refractivity contribution < 1.29 is 14.3 Å². The number of piperidine rings is 1. The van der Waals surface area contributed by atoms with Gasteiger partial charge in [-0.3, -0.25) is 9.79 Å². The molecule has 8 nitrogen and oxygen atoms in total. The number of carbonyl (C=O) groups excluding carboxylic acids is 2. The lowest BCUT2D eigenvalue weighted by atomic mass is 10.1. The fourth-order valence-electron chi connectivity index (χ4n) is 3.66. The Morgan fingerprint density at radius 3 is 2.25 bits per heavy atom. The number of benzene rings is 1. The van der Waals surface area contributed by atoms with Gasteiger partial charge in [-0.1, -0.05) is 12.1 Å². The molecule has 2 amide bonds. The summed E-state index contributed by atoms with van der Waals surface area (Å²) in [5, 5.41) is 6.61. The third-order valence-corrected chi connectivity index (χ3v) is 5.40. The number of likely N-dealkylation sites (tertiary alicyclic amines) is 2. The van der Waals surface area contributed by atoms with E-state index >= 15 is 0 Å². The maximum Gasteiger partial charge on any atom is 0.410 e. The predicted octanol–water partition coefficient (Wildman–Crippen LogP) is 3.22. The van der Waals surface area contributed by atoms with Gasteiger partial charge < -0.3 is 25.2 Å². The first-order valence-corrected chi connectivity index (χ1v) is 11.1. The van der Waals surface area contributed by atoms with Crippen molar-refractivity contribution in [2.45, 2.75) is 58.2 Å². The smallest absolute Gasteiger partial charge is 0.410 e. The van der Waals surface area contributed by atoms with Crippen LogP contribution in [-0.2, 0) is 11.3 Å². The molecule has 1 aromatic carbocycles. The summed E-state index contributed by atoms with van der Waals surface area (Å²) in [5.41, 5.74) is 1.33. The summed E-state index contributed by atoms with van der Waals surface area (Å²) in [6, 6.07) is 7.89. The van der Waals surface area contributed by atoms with E-state index in [1.807, 2.05) is 49.9 Å². The maximum absolute atomic E-state index is 12.6. The van der Waals surface area contributed by atoms with Crippen LogP contribution in [0, 0.1) is 0 Å². The Hall–Kier alpha value is -2.04. The maximum atomic E-state index is 12.6. The molecule has 2 aliphatic rings. The van der Waals surface area contributed by atoms with Crippen LogP contribution in [0.3, 0.4) is 0 Å². The molecule has 2 fully saturated rings. The number of rotatable bonds is 4. The molecule has 2 aliphatic heterocycles. The molecule has 0 radical (unpaired) electrons. The van der Waals surface area contributed by atoms with E-state index < -0.39 is 5.60 Å². The zero-order valence-electron chi connectivity index (χ0n) is 19.5. The number of hydrogen-bond donors (Lipinski definition) is 2. The van der Waals surface area contributed by atoms with E-state index in [4.69, 9.17) is 4.74 Å². The quantitative estimate of drug-likeness (QED) is 0.338. The fraction of sp³-hybridized carbons (Fsp3) is 0.609. The molecule has 0 aliphatic carbocycles. The third kappa shape index (κ3) is 7.53. The summed E-state index contributed by atoms with van der Waals surface area (Å²) in [6.07, 6.45) is 3.11. The molecule has 178 valence electrons. The topological polar surface area (TPSA) is 86.3 Å². The Morgan fingerprint density at radius 1 is 1.06 bits per heavy atom. The molecule has 2 heterocycles. The minimum atomic E-state index is -0.485. The van der Waals surface area contributed by atoms with Crippen LogP contribution in [0.2, 0.25) is 0 Å². The lowest BCUT2D eigenvalue weighted by Crippen LogP contribution is -2.63. The molecule has 0 aromatic heterocycles. The van der Waals surface area contributed by atoms with E-state index in [1.165, 1.54) is 6.42 Å². The van der Waals surface area contributed by atoms with E-state index in [0.29, 0.717) is 25.6 Å². The predicted molar refractivity (Wildman–Crippen MR) is 137 cm³/mol. The van der Waals surface area contributed by atoms with Crippen LogP contribution in [0.4, 0.5) is 4.79 Å². The largest absolute Gasteiger partial charge is 0.444 e. The molecule has 0 atom stereocenters. The molecule has 0 unspecified atom stereocenters. The Balaban J connectivity index is 0.00000363. The Labute approximate surface area is 208 Å². The molecular weight excluding hydrogens is 521 g/mol. The number of guanidine groups is 1. The van der Waals surface area contributed by atoms with Crippen molar-refractivity contribution in [3.8, 4) is 0 Å². The van der Waals surface area contributed by atoms with Crippen LogP contribution in [-0.4, -0.2) is 72.6 Å². The summed E-state index contributed by atoms with van der Waals surface area (Å²) in [4.78, 5) is 32.5. The molecule has 2 N–H and O–H groups in total. The second-order valence-corrected chi connectivity index (χ2v) is 9.20. The number of hydrogen-bond acceptors (Lipinski definition) is 4. The standard InChI is InChI=1S/C23H35N5O3.HI/c1-23(2,3)31-22(30)28-15-19(16-28)26-21(24-4)25-14-17-8-10-18(11-9-17)20(29)27-12-6-5-7-13-27;/h8-11,19H,5-7,12-16H2,1-4H3,(H2,24,25,26);1H. The molecule has 0 spiro atoms. The summed E-state index contributed by atoms with van der Waals surface area (Å²) >= 11 is 0. The second-order valence-electron chi connectivity index (χ2n) is 9.20. The highest BCUT2D eigenvalue weighted by atomic mass is 127. The summed E-state index contributed by atoms with van der Waals surface area (Å²) < 4.78 is 5.38. The van der Waals surface area contributed by atoms with Crippen LogP contribution in [0.25, 0.3) is 0 Å². The lowest BCUT2D eigenvalue weighted by Gasteiger charge is -2.40. The summed E-state index contributed by atoms with van der Waals surface area (Å²) in [5.74, 6) is 0.804. The van der Waals surface area contributed by atoms with Gasteiger partial charge in [-0.2, -0.15) is 0 Å². The Bertz CT molecular complexity index is 795. The van der Waals surface area contributed by atoms with E-state index in [1.54, 1.807) is 11.9 Å². The normalized spacial score (nSPS) is 17.2.